The van der Waals surface area contributed by atoms with Gasteiger partial charge in [-0.15, -0.1) is 0 Å². The molecule has 1 aromatic heterocycles. The quantitative estimate of drug-likeness (QED) is 0.465. The number of aromatic nitrogens is 1. The molecule has 3 nitrogen and oxygen atoms in total. The molecule has 1 saturated heterocycles. The molecular formula is C25H30N2O+2. The van der Waals surface area contributed by atoms with E-state index < -0.39 is 0 Å². The molecular weight excluding hydrogens is 344 g/mol. The predicted octanol–water partition coefficient (Wildman–Crippen LogP) is 4.21. The monoisotopic (exact) mass is 374 g/mol. The number of pyridine rings is 1. The molecule has 0 bridgehead atoms. The number of likely N-dealkylation sites (tertiary alicyclic amines) is 1. The summed E-state index contributed by atoms with van der Waals surface area (Å²) in [6.07, 6.45) is 6.87. The first-order chi connectivity index (χ1) is 13.7. The van der Waals surface area contributed by atoms with Gasteiger partial charge in [-0.1, -0.05) is 60.7 Å². The van der Waals surface area contributed by atoms with E-state index in [1.807, 2.05) is 0 Å². The largest absolute Gasteiger partial charge is 0.484 e. The molecule has 1 aliphatic heterocycles. The summed E-state index contributed by atoms with van der Waals surface area (Å²) in [7, 11) is 2.36. The fraction of sp³-hybridized carbons (Fsp3) is 0.320. The van der Waals surface area contributed by atoms with E-state index in [1.165, 1.54) is 24.1 Å². The second-order valence-corrected chi connectivity index (χ2v) is 8.24. The van der Waals surface area contributed by atoms with E-state index in [0.717, 1.165) is 36.3 Å². The van der Waals surface area contributed by atoms with Crippen LogP contribution in [0.25, 0.3) is 0 Å². The smallest absolute Gasteiger partial charge is 0.173 e. The molecule has 2 aromatic carbocycles. The van der Waals surface area contributed by atoms with Crippen molar-refractivity contribution < 1.29 is 13.8 Å². The molecule has 2 unspecified atom stereocenters. The number of hydrogen-bond acceptors (Lipinski definition) is 1. The molecule has 28 heavy (non-hydrogen) atoms. The summed E-state index contributed by atoms with van der Waals surface area (Å²) in [4.78, 5) is 0. The van der Waals surface area contributed by atoms with Gasteiger partial charge in [0.15, 0.2) is 18.9 Å². The zero-order chi connectivity index (χ0) is 19.2. The Morgan fingerprint density at radius 3 is 2.21 bits per heavy atom. The summed E-state index contributed by atoms with van der Waals surface area (Å²) >= 11 is 0. The molecule has 2 atom stereocenters. The highest BCUT2D eigenvalue weighted by Crippen LogP contribution is 2.24. The highest BCUT2D eigenvalue weighted by atomic mass is 16.5. The average molecular weight is 375 g/mol. The van der Waals surface area contributed by atoms with E-state index in [0.29, 0.717) is 0 Å². The maximum absolute atomic E-state index is 6.36. The second-order valence-electron chi connectivity index (χ2n) is 8.24. The van der Waals surface area contributed by atoms with Crippen molar-refractivity contribution in [3.8, 4) is 5.75 Å². The van der Waals surface area contributed by atoms with Gasteiger partial charge < -0.3 is 9.22 Å². The highest BCUT2D eigenvalue weighted by Gasteiger charge is 2.32. The number of likely N-dealkylation sites (N-methyl/N-ethyl adjacent to an activating group) is 1. The van der Waals surface area contributed by atoms with Crippen LogP contribution in [-0.2, 0) is 13.1 Å². The average Bonchev–Trinajstić information content (AvgIpc) is 2.71. The molecule has 3 heteroatoms. The van der Waals surface area contributed by atoms with Crippen LogP contribution >= 0.6 is 0 Å². The standard InChI is InChI=1S/C25H30N2O/c1-27(20-23-11-6-3-7-12-23)18-8-13-25(21-27)28-24-14-16-26(17-15-24)19-22-9-4-2-5-10-22/h2-7,9-12,14-17,25H,8,13,18-21H2,1H3/q+2. The lowest BCUT2D eigenvalue weighted by Gasteiger charge is -2.41. The molecule has 2 heterocycles. The molecule has 0 saturated carbocycles. The fourth-order valence-corrected chi connectivity index (χ4v) is 4.25. The van der Waals surface area contributed by atoms with E-state index in [1.54, 1.807) is 0 Å². The third-order valence-electron chi connectivity index (χ3n) is 5.65. The summed E-state index contributed by atoms with van der Waals surface area (Å²) in [5, 5.41) is 0. The van der Waals surface area contributed by atoms with Gasteiger partial charge in [0.25, 0.3) is 0 Å². The lowest BCUT2D eigenvalue weighted by molar-refractivity contribution is -0.929. The van der Waals surface area contributed by atoms with Crippen LogP contribution in [0.1, 0.15) is 24.0 Å². The van der Waals surface area contributed by atoms with Crippen molar-refractivity contribution in [3.63, 3.8) is 0 Å². The topological polar surface area (TPSA) is 13.1 Å². The van der Waals surface area contributed by atoms with Crippen molar-refractivity contribution in [3.05, 3.63) is 96.3 Å². The number of ether oxygens (including phenoxy) is 1. The van der Waals surface area contributed by atoms with Crippen LogP contribution in [0, 0.1) is 0 Å². The van der Waals surface area contributed by atoms with Gasteiger partial charge in [0.2, 0.25) is 0 Å². The minimum Gasteiger partial charge on any atom is -0.484 e. The summed E-state index contributed by atoms with van der Waals surface area (Å²) in [5.74, 6) is 0.975. The van der Waals surface area contributed by atoms with Crippen molar-refractivity contribution in [2.45, 2.75) is 32.0 Å². The Balaban J connectivity index is 1.36. The van der Waals surface area contributed by atoms with E-state index in [9.17, 15) is 0 Å². The molecule has 0 N–H and O–H groups in total. The summed E-state index contributed by atoms with van der Waals surface area (Å²) in [6, 6.07) is 25.6. The predicted molar refractivity (Wildman–Crippen MR) is 112 cm³/mol. The van der Waals surface area contributed by atoms with E-state index >= 15 is 0 Å². The lowest BCUT2D eigenvalue weighted by atomic mass is 10.0. The molecule has 1 fully saturated rings. The van der Waals surface area contributed by atoms with Gasteiger partial charge in [-0.05, 0) is 6.42 Å². The second kappa shape index (κ2) is 8.57. The normalized spacial score (nSPS) is 22.0. The Morgan fingerprint density at radius 1 is 0.893 bits per heavy atom. The highest BCUT2D eigenvalue weighted by molar-refractivity contribution is 5.17. The van der Waals surface area contributed by atoms with E-state index in [4.69, 9.17) is 4.74 Å². The Kier molecular flexibility index (Phi) is 5.73. The van der Waals surface area contributed by atoms with Gasteiger partial charge in [0, 0.05) is 29.7 Å². The number of nitrogens with zero attached hydrogens (tertiary/aromatic N) is 2. The van der Waals surface area contributed by atoms with Crippen molar-refractivity contribution in [2.75, 3.05) is 20.1 Å². The Hall–Kier alpha value is -2.65. The lowest BCUT2D eigenvalue weighted by Crippen LogP contribution is -2.53. The van der Waals surface area contributed by atoms with Crippen molar-refractivity contribution in [1.82, 2.24) is 0 Å². The van der Waals surface area contributed by atoms with Crippen molar-refractivity contribution in [1.29, 1.82) is 0 Å². The molecule has 0 amide bonds. The van der Waals surface area contributed by atoms with Crippen LogP contribution in [0.2, 0.25) is 0 Å². The van der Waals surface area contributed by atoms with Gasteiger partial charge >= 0.3 is 0 Å². The van der Waals surface area contributed by atoms with Crippen molar-refractivity contribution >= 4 is 0 Å². The number of piperidine rings is 1. The van der Waals surface area contributed by atoms with Crippen LogP contribution in [0.5, 0.6) is 5.75 Å². The van der Waals surface area contributed by atoms with Crippen LogP contribution in [-0.4, -0.2) is 30.7 Å². The van der Waals surface area contributed by atoms with Gasteiger partial charge in [-0.2, -0.15) is 0 Å². The molecule has 0 radical (unpaired) electrons. The maximum atomic E-state index is 6.36. The minimum atomic E-state index is 0.285. The fourth-order valence-electron chi connectivity index (χ4n) is 4.25. The summed E-state index contributed by atoms with van der Waals surface area (Å²) in [6.45, 7) is 4.25. The van der Waals surface area contributed by atoms with Gasteiger partial charge in [0.05, 0.1) is 13.6 Å². The van der Waals surface area contributed by atoms with Crippen LogP contribution < -0.4 is 9.30 Å². The number of quaternary nitrogens is 1. The summed E-state index contributed by atoms with van der Waals surface area (Å²) in [5.41, 5.74) is 2.72. The van der Waals surface area contributed by atoms with Gasteiger partial charge in [0.1, 0.15) is 24.9 Å². The molecule has 0 spiro atoms. The SMILES string of the molecule is C[N+]1(Cc2ccccc2)CCCC(Oc2cc[n+](Cc3ccccc3)cc2)C1. The molecule has 3 aromatic rings. The van der Waals surface area contributed by atoms with Crippen LogP contribution in [0.15, 0.2) is 85.2 Å². The first-order valence-corrected chi connectivity index (χ1v) is 10.3. The summed E-state index contributed by atoms with van der Waals surface area (Å²) < 4.78 is 9.61. The number of benzene rings is 2. The van der Waals surface area contributed by atoms with Crippen LogP contribution in [0.3, 0.4) is 0 Å². The van der Waals surface area contributed by atoms with E-state index in [2.05, 4.69) is 96.8 Å². The molecule has 4 rings (SSSR count). The molecule has 1 aliphatic rings. The molecule has 0 aliphatic carbocycles. The zero-order valence-electron chi connectivity index (χ0n) is 16.7. The molecule has 144 valence electrons. The number of hydrogen-bond donors (Lipinski definition) is 0. The Bertz CT molecular complexity index is 864. The minimum absolute atomic E-state index is 0.285. The van der Waals surface area contributed by atoms with E-state index in [-0.39, 0.29) is 6.10 Å². The first-order valence-electron chi connectivity index (χ1n) is 10.3. The third-order valence-corrected chi connectivity index (χ3v) is 5.65. The zero-order valence-corrected chi connectivity index (χ0v) is 16.7. The Morgan fingerprint density at radius 2 is 1.54 bits per heavy atom. The van der Waals surface area contributed by atoms with Crippen LogP contribution in [0.4, 0.5) is 0 Å². The third kappa shape index (κ3) is 4.99. The Labute approximate surface area is 168 Å². The maximum Gasteiger partial charge on any atom is 0.173 e. The van der Waals surface area contributed by atoms with Gasteiger partial charge in [-0.25, -0.2) is 4.57 Å². The first kappa shape index (κ1) is 18.7. The van der Waals surface area contributed by atoms with Crippen molar-refractivity contribution in [2.24, 2.45) is 0 Å². The van der Waals surface area contributed by atoms with Gasteiger partial charge in [-0.3, -0.25) is 0 Å². The number of rotatable bonds is 6.